The summed E-state index contributed by atoms with van der Waals surface area (Å²) in [4.78, 5) is 13.4. The molecule has 2 rings (SSSR count). The lowest BCUT2D eigenvalue weighted by atomic mass is 10.2. The van der Waals surface area contributed by atoms with E-state index in [0.29, 0.717) is 17.5 Å². The van der Waals surface area contributed by atoms with E-state index in [-0.39, 0.29) is 11.7 Å². The molecule has 1 aromatic carbocycles. The van der Waals surface area contributed by atoms with Gasteiger partial charge >= 0.3 is 0 Å². The number of hydrogen-bond acceptors (Lipinski definition) is 4. The summed E-state index contributed by atoms with van der Waals surface area (Å²) in [5, 5.41) is 8.64. The van der Waals surface area contributed by atoms with Gasteiger partial charge in [0.15, 0.2) is 5.17 Å². The second kappa shape index (κ2) is 5.97. The van der Waals surface area contributed by atoms with Crippen molar-refractivity contribution in [2.24, 2.45) is 10.2 Å². The van der Waals surface area contributed by atoms with Gasteiger partial charge in [0, 0.05) is 5.71 Å². The van der Waals surface area contributed by atoms with Crippen molar-refractivity contribution in [2.45, 2.75) is 20.4 Å². The van der Waals surface area contributed by atoms with Gasteiger partial charge in [0.05, 0.1) is 12.3 Å². The summed E-state index contributed by atoms with van der Waals surface area (Å²) < 4.78 is 12.8. The third-order valence-corrected chi connectivity index (χ3v) is 3.40. The Morgan fingerprint density at radius 2 is 2.05 bits per heavy atom. The number of hydrogen-bond donors (Lipinski definition) is 0. The largest absolute Gasteiger partial charge is 0.285 e. The van der Waals surface area contributed by atoms with Crippen LogP contribution in [0.2, 0.25) is 0 Å². The van der Waals surface area contributed by atoms with Crippen molar-refractivity contribution in [2.75, 3.05) is 5.75 Å². The SMILES string of the molecule is CC(C)=N/N=C1\SCC(=O)N1Cc1ccc(F)cc1. The van der Waals surface area contributed by atoms with Gasteiger partial charge in [0.2, 0.25) is 5.91 Å². The molecular formula is C13H14FN3OS. The quantitative estimate of drug-likeness (QED) is 0.630. The van der Waals surface area contributed by atoms with Gasteiger partial charge in [-0.25, -0.2) is 4.39 Å². The first-order chi connectivity index (χ1) is 9.06. The fourth-order valence-corrected chi connectivity index (χ4v) is 2.37. The van der Waals surface area contributed by atoms with Crippen LogP contribution in [-0.4, -0.2) is 27.4 Å². The van der Waals surface area contributed by atoms with Crippen LogP contribution < -0.4 is 0 Å². The van der Waals surface area contributed by atoms with Gasteiger partial charge in [-0.05, 0) is 31.5 Å². The Balaban J connectivity index is 2.16. The van der Waals surface area contributed by atoms with E-state index in [1.807, 2.05) is 13.8 Å². The van der Waals surface area contributed by atoms with Gasteiger partial charge in [-0.2, -0.15) is 5.10 Å². The van der Waals surface area contributed by atoms with Crippen LogP contribution >= 0.6 is 11.8 Å². The van der Waals surface area contributed by atoms with E-state index in [4.69, 9.17) is 0 Å². The smallest absolute Gasteiger partial charge is 0.239 e. The molecule has 1 aliphatic heterocycles. The highest BCUT2D eigenvalue weighted by atomic mass is 32.2. The number of nitrogens with zero attached hydrogens (tertiary/aromatic N) is 3. The standard InChI is InChI=1S/C13H14FN3OS/c1-9(2)15-16-13-17(12(18)8-19-13)7-10-3-5-11(14)6-4-10/h3-6H,7-8H2,1-2H3/b16-13-. The van der Waals surface area contributed by atoms with Gasteiger partial charge in [-0.15, -0.1) is 5.10 Å². The van der Waals surface area contributed by atoms with Gasteiger partial charge in [0.1, 0.15) is 5.82 Å². The van der Waals surface area contributed by atoms with Crippen molar-refractivity contribution in [1.29, 1.82) is 0 Å². The summed E-state index contributed by atoms with van der Waals surface area (Å²) in [7, 11) is 0. The van der Waals surface area contributed by atoms with Gasteiger partial charge in [-0.1, -0.05) is 23.9 Å². The van der Waals surface area contributed by atoms with Crippen LogP contribution in [0.3, 0.4) is 0 Å². The fourth-order valence-electron chi connectivity index (χ4n) is 1.54. The van der Waals surface area contributed by atoms with Gasteiger partial charge in [-0.3, -0.25) is 9.69 Å². The molecule has 0 bridgehead atoms. The number of thioether (sulfide) groups is 1. The molecule has 100 valence electrons. The molecule has 1 aromatic rings. The molecule has 0 atom stereocenters. The molecule has 0 aliphatic carbocycles. The number of halogens is 1. The van der Waals surface area contributed by atoms with E-state index in [9.17, 15) is 9.18 Å². The van der Waals surface area contributed by atoms with E-state index in [1.54, 1.807) is 17.0 Å². The number of amidine groups is 1. The first-order valence-corrected chi connectivity index (χ1v) is 6.81. The molecule has 0 saturated carbocycles. The first-order valence-electron chi connectivity index (χ1n) is 5.83. The molecule has 19 heavy (non-hydrogen) atoms. The summed E-state index contributed by atoms with van der Waals surface area (Å²) in [6.07, 6.45) is 0. The molecule has 0 unspecified atom stereocenters. The second-order valence-corrected chi connectivity index (χ2v) is 5.27. The molecule has 0 radical (unpaired) electrons. The number of rotatable bonds is 3. The number of carbonyl (C=O) groups is 1. The molecule has 0 N–H and O–H groups in total. The highest BCUT2D eigenvalue weighted by Gasteiger charge is 2.28. The lowest BCUT2D eigenvalue weighted by molar-refractivity contribution is -0.124. The predicted octanol–water partition coefficient (Wildman–Crippen LogP) is 2.65. The first kappa shape index (κ1) is 13.7. The van der Waals surface area contributed by atoms with Crippen LogP contribution in [-0.2, 0) is 11.3 Å². The van der Waals surface area contributed by atoms with Crippen molar-refractivity contribution in [3.63, 3.8) is 0 Å². The van der Waals surface area contributed by atoms with E-state index in [1.165, 1.54) is 23.9 Å². The van der Waals surface area contributed by atoms with E-state index in [0.717, 1.165) is 11.3 Å². The van der Waals surface area contributed by atoms with Crippen molar-refractivity contribution in [1.82, 2.24) is 4.90 Å². The minimum Gasteiger partial charge on any atom is -0.285 e. The maximum atomic E-state index is 12.8. The Morgan fingerprint density at radius 1 is 1.37 bits per heavy atom. The number of amides is 1. The molecular weight excluding hydrogens is 265 g/mol. The van der Waals surface area contributed by atoms with Gasteiger partial charge < -0.3 is 0 Å². The predicted molar refractivity (Wildman–Crippen MR) is 75.6 cm³/mol. The molecule has 0 aromatic heterocycles. The van der Waals surface area contributed by atoms with Crippen molar-refractivity contribution in [3.05, 3.63) is 35.6 Å². The summed E-state index contributed by atoms with van der Waals surface area (Å²) in [5.74, 6) is 0.0844. The number of carbonyl (C=O) groups excluding carboxylic acids is 1. The average Bonchev–Trinajstić information content (AvgIpc) is 2.71. The summed E-state index contributed by atoms with van der Waals surface area (Å²) in [6.45, 7) is 4.08. The minimum absolute atomic E-state index is 0.00275. The maximum Gasteiger partial charge on any atom is 0.239 e. The Labute approximate surface area is 115 Å². The summed E-state index contributed by atoms with van der Waals surface area (Å²) in [6, 6.07) is 6.09. The Bertz CT molecular complexity index is 535. The molecule has 1 amide bonds. The molecule has 0 spiro atoms. The maximum absolute atomic E-state index is 12.8. The van der Waals surface area contributed by atoms with Crippen LogP contribution in [0, 0.1) is 5.82 Å². The Morgan fingerprint density at radius 3 is 2.68 bits per heavy atom. The Hall–Kier alpha value is -1.69. The zero-order chi connectivity index (χ0) is 13.8. The summed E-state index contributed by atoms with van der Waals surface area (Å²) in [5.41, 5.74) is 1.69. The molecule has 1 saturated heterocycles. The van der Waals surface area contributed by atoms with E-state index < -0.39 is 0 Å². The lowest BCUT2D eigenvalue weighted by Gasteiger charge is -2.15. The summed E-state index contributed by atoms with van der Waals surface area (Å²) >= 11 is 1.37. The van der Waals surface area contributed by atoms with Gasteiger partial charge in [0.25, 0.3) is 0 Å². The normalized spacial score (nSPS) is 17.1. The third-order valence-electron chi connectivity index (χ3n) is 2.45. The van der Waals surface area contributed by atoms with Crippen molar-refractivity contribution < 1.29 is 9.18 Å². The molecule has 6 heteroatoms. The van der Waals surface area contributed by atoms with Crippen LogP contribution in [0.5, 0.6) is 0 Å². The highest BCUT2D eigenvalue weighted by molar-refractivity contribution is 8.15. The van der Waals surface area contributed by atoms with E-state index in [2.05, 4.69) is 10.2 Å². The van der Waals surface area contributed by atoms with Crippen LogP contribution in [0.4, 0.5) is 4.39 Å². The van der Waals surface area contributed by atoms with Crippen LogP contribution in [0.25, 0.3) is 0 Å². The second-order valence-electron chi connectivity index (χ2n) is 4.32. The lowest BCUT2D eigenvalue weighted by Crippen LogP contribution is -2.28. The van der Waals surface area contributed by atoms with Crippen LogP contribution in [0.1, 0.15) is 19.4 Å². The van der Waals surface area contributed by atoms with Crippen LogP contribution in [0.15, 0.2) is 34.5 Å². The zero-order valence-electron chi connectivity index (χ0n) is 10.8. The minimum atomic E-state index is -0.286. The number of benzene rings is 1. The molecule has 4 nitrogen and oxygen atoms in total. The zero-order valence-corrected chi connectivity index (χ0v) is 11.6. The average molecular weight is 279 g/mol. The molecule has 1 heterocycles. The van der Waals surface area contributed by atoms with E-state index >= 15 is 0 Å². The fraction of sp³-hybridized carbons (Fsp3) is 0.308. The topological polar surface area (TPSA) is 45.0 Å². The third kappa shape index (κ3) is 3.64. The molecule has 1 aliphatic rings. The van der Waals surface area contributed by atoms with Crippen molar-refractivity contribution in [3.8, 4) is 0 Å². The highest BCUT2D eigenvalue weighted by Crippen LogP contribution is 2.22. The van der Waals surface area contributed by atoms with Crippen molar-refractivity contribution >= 4 is 28.5 Å². The Kier molecular flexibility index (Phi) is 4.31. The molecule has 1 fully saturated rings. The monoisotopic (exact) mass is 279 g/mol.